The van der Waals surface area contributed by atoms with E-state index in [0.29, 0.717) is 42.1 Å². The van der Waals surface area contributed by atoms with Crippen LogP contribution in [0.4, 0.5) is 0 Å². The zero-order valence-electron chi connectivity index (χ0n) is 34.9. The summed E-state index contributed by atoms with van der Waals surface area (Å²) < 4.78 is 33.4. The summed E-state index contributed by atoms with van der Waals surface area (Å²) in [5.41, 5.74) is 0.328. The minimum atomic E-state index is -0.741. The molecule has 0 N–H and O–H groups in total. The molecule has 2 aliphatic heterocycles. The highest BCUT2D eigenvalue weighted by atomic mass is 16.8. The molecule has 2 saturated heterocycles. The van der Waals surface area contributed by atoms with Crippen LogP contribution < -0.4 is 0 Å². The molecule has 0 aromatic heterocycles. The van der Waals surface area contributed by atoms with E-state index in [9.17, 15) is 9.59 Å². The monoisotopic (exact) mass is 725 g/mol. The van der Waals surface area contributed by atoms with Crippen LogP contribution in [-0.4, -0.2) is 48.4 Å². The van der Waals surface area contributed by atoms with Gasteiger partial charge in [0.05, 0.1) is 18.3 Å². The average molecular weight is 725 g/mol. The van der Waals surface area contributed by atoms with E-state index < -0.39 is 12.1 Å². The number of ether oxygens (including phenoxy) is 5. The maximum Gasteiger partial charge on any atom is 0.308 e. The van der Waals surface area contributed by atoms with Crippen LogP contribution >= 0.6 is 0 Å². The van der Waals surface area contributed by atoms with Gasteiger partial charge in [0, 0.05) is 36.5 Å². The molecule has 52 heavy (non-hydrogen) atoms. The maximum atomic E-state index is 13.4. The number of fused-ring (bicyclic) bond motifs is 6. The second kappa shape index (κ2) is 11.5. The van der Waals surface area contributed by atoms with Crippen LogP contribution in [0.25, 0.3) is 0 Å². The Bertz CT molecular complexity index is 1480. The fraction of sp³-hybridized carbons (Fsp3) is 0.956. The van der Waals surface area contributed by atoms with Gasteiger partial charge in [-0.15, -0.1) is 0 Å². The van der Waals surface area contributed by atoms with Gasteiger partial charge in [0.2, 0.25) is 6.29 Å². The van der Waals surface area contributed by atoms with Crippen LogP contribution in [0.15, 0.2) is 0 Å². The smallest absolute Gasteiger partial charge is 0.308 e. The molecule has 294 valence electrons. The van der Waals surface area contributed by atoms with Crippen molar-refractivity contribution in [1.82, 2.24) is 0 Å². The summed E-state index contributed by atoms with van der Waals surface area (Å²) in [4.78, 5) is 26.4. The molecule has 8 aliphatic rings. The summed E-state index contributed by atoms with van der Waals surface area (Å²) in [5, 5.41) is 0. The highest BCUT2D eigenvalue weighted by Crippen LogP contribution is 2.89. The molecule has 8 rings (SSSR count). The zero-order chi connectivity index (χ0) is 37.7. The van der Waals surface area contributed by atoms with Gasteiger partial charge in [-0.05, 0) is 122 Å². The van der Waals surface area contributed by atoms with E-state index in [0.717, 1.165) is 38.0 Å². The fourth-order valence-corrected chi connectivity index (χ4v) is 15.3. The minimum absolute atomic E-state index is 0.00509. The third-order valence-electron chi connectivity index (χ3n) is 18.1. The number of hydrogen-bond donors (Lipinski definition) is 0. The van der Waals surface area contributed by atoms with E-state index >= 15 is 0 Å². The van der Waals surface area contributed by atoms with Crippen molar-refractivity contribution in [3.8, 4) is 0 Å². The van der Waals surface area contributed by atoms with Gasteiger partial charge in [-0.25, -0.2) is 0 Å². The molecule has 7 nitrogen and oxygen atoms in total. The molecule has 6 saturated carbocycles. The molecular formula is C45H72O7. The second-order valence-corrected chi connectivity index (χ2v) is 22.8. The summed E-state index contributed by atoms with van der Waals surface area (Å²) in [6, 6.07) is 0. The molecule has 6 aliphatic carbocycles. The molecule has 0 aromatic rings. The summed E-state index contributed by atoms with van der Waals surface area (Å²) in [6.07, 6.45) is 12.7. The number of rotatable bonds is 8. The Hall–Kier alpha value is -1.18. The molecule has 0 bridgehead atoms. The van der Waals surface area contributed by atoms with Gasteiger partial charge in [0.15, 0.2) is 5.79 Å². The maximum absolute atomic E-state index is 13.4. The molecule has 2 heterocycles. The van der Waals surface area contributed by atoms with Gasteiger partial charge < -0.3 is 23.7 Å². The van der Waals surface area contributed by atoms with E-state index in [1.807, 2.05) is 0 Å². The van der Waals surface area contributed by atoms with E-state index in [2.05, 4.69) is 76.2 Å². The predicted molar refractivity (Wildman–Crippen MR) is 200 cm³/mol. The Morgan fingerprint density at radius 1 is 0.846 bits per heavy atom. The first-order valence-corrected chi connectivity index (χ1v) is 21.4. The number of esters is 2. The van der Waals surface area contributed by atoms with Crippen LogP contribution in [0.2, 0.25) is 0 Å². The third-order valence-corrected chi connectivity index (χ3v) is 18.1. The number of carbonyl (C=O) groups is 2. The average Bonchev–Trinajstić information content (AvgIpc) is 3.87. The molecule has 8 fully saturated rings. The van der Waals surface area contributed by atoms with E-state index in [1.54, 1.807) is 6.92 Å². The number of carbonyl (C=O) groups excluding carboxylic acids is 2. The largest absolute Gasteiger partial charge is 0.462 e. The molecule has 7 heteroatoms. The van der Waals surface area contributed by atoms with Crippen molar-refractivity contribution in [3.63, 3.8) is 0 Å². The Morgan fingerprint density at radius 3 is 2.23 bits per heavy atom. The quantitative estimate of drug-likeness (QED) is 0.231. The van der Waals surface area contributed by atoms with Crippen molar-refractivity contribution >= 4 is 11.9 Å². The summed E-state index contributed by atoms with van der Waals surface area (Å²) in [6.45, 7) is 27.8. The van der Waals surface area contributed by atoms with E-state index in [1.165, 1.54) is 38.5 Å². The lowest BCUT2D eigenvalue weighted by atomic mass is 9.41. The highest BCUT2D eigenvalue weighted by molar-refractivity contribution is 5.69. The summed E-state index contributed by atoms with van der Waals surface area (Å²) >= 11 is 0. The molecule has 0 amide bonds. The van der Waals surface area contributed by atoms with Gasteiger partial charge in [0.25, 0.3) is 0 Å². The van der Waals surface area contributed by atoms with Gasteiger partial charge in [-0.1, -0.05) is 75.7 Å². The highest BCUT2D eigenvalue weighted by Gasteiger charge is 2.86. The van der Waals surface area contributed by atoms with Crippen molar-refractivity contribution < 1.29 is 33.3 Å². The lowest BCUT2D eigenvalue weighted by Crippen LogP contribution is -2.63. The first kappa shape index (κ1) is 37.7. The fourth-order valence-electron chi connectivity index (χ4n) is 15.3. The van der Waals surface area contributed by atoms with Crippen molar-refractivity contribution in [1.29, 1.82) is 0 Å². The van der Waals surface area contributed by atoms with Crippen molar-refractivity contribution in [2.75, 3.05) is 6.61 Å². The van der Waals surface area contributed by atoms with Gasteiger partial charge in [-0.2, -0.15) is 0 Å². The first-order chi connectivity index (χ1) is 24.0. The molecule has 0 radical (unpaired) electrons. The van der Waals surface area contributed by atoms with Crippen molar-refractivity contribution in [2.24, 2.45) is 67.5 Å². The Labute approximate surface area is 315 Å². The molecule has 0 aromatic carbocycles. The lowest BCUT2D eigenvalue weighted by molar-refractivity contribution is -0.335. The Kier molecular flexibility index (Phi) is 8.31. The zero-order valence-corrected chi connectivity index (χ0v) is 34.9. The molecular weight excluding hydrogens is 652 g/mol. The van der Waals surface area contributed by atoms with Gasteiger partial charge >= 0.3 is 11.9 Å². The number of hydrogen-bond acceptors (Lipinski definition) is 7. The summed E-state index contributed by atoms with van der Waals surface area (Å²) in [5.74, 6) is 1.09. The van der Waals surface area contributed by atoms with Crippen LogP contribution in [0.1, 0.15) is 167 Å². The van der Waals surface area contributed by atoms with E-state index in [4.69, 9.17) is 23.7 Å². The third kappa shape index (κ3) is 5.11. The standard InChI is InChI=1S/C45H72O7/c1-13-39(9,48-26-37(4,5)6)20-17-34(47)50-36-40(10)23-32(40)45(52-36)21-27(2)35-29(51-45)22-41(11)31-16-15-30-38(7,8)18-14-19-43(30)25-44(31,43)24-33(42(35,41)12)49-28(3)46/h27,29-33,35-36H,13-26H2,1-12H3/t27-,29+,30+,31?,32?,33-,35?,36?,39?,40+,41+,42-,43-,44+,45-/m1/s1. The topological polar surface area (TPSA) is 80.3 Å². The van der Waals surface area contributed by atoms with Crippen LogP contribution in [0, 0.1) is 67.5 Å². The Morgan fingerprint density at radius 2 is 1.56 bits per heavy atom. The van der Waals surface area contributed by atoms with E-state index in [-0.39, 0.29) is 68.7 Å². The SMILES string of the molecule is CCC(C)(CCC(=O)OC1O[C@]2(C[C@@H](C)C3[C@H](C[C@@]4(C)C5CC[C@H]6C(C)(C)CCC[C@@]67C[C@@]57C[C@@H](OC(C)=O)[C@]34C)O2)C2C[C@]12C)OCC(C)(C)C. The first-order valence-electron chi connectivity index (χ1n) is 21.4. The van der Waals surface area contributed by atoms with Gasteiger partial charge in [-0.3, -0.25) is 9.59 Å². The van der Waals surface area contributed by atoms with Crippen molar-refractivity contribution in [2.45, 2.75) is 196 Å². The lowest BCUT2D eigenvalue weighted by Gasteiger charge is -2.64. The predicted octanol–water partition coefficient (Wildman–Crippen LogP) is 10.0. The molecule has 3 spiro atoms. The van der Waals surface area contributed by atoms with Crippen LogP contribution in [0.5, 0.6) is 0 Å². The van der Waals surface area contributed by atoms with Crippen LogP contribution in [0.3, 0.4) is 0 Å². The second-order valence-electron chi connectivity index (χ2n) is 22.8. The van der Waals surface area contributed by atoms with Gasteiger partial charge in [0.1, 0.15) is 6.10 Å². The molecule has 5 unspecified atom stereocenters. The van der Waals surface area contributed by atoms with Crippen molar-refractivity contribution in [3.05, 3.63) is 0 Å². The normalized spacial score (nSPS) is 51.8. The Balaban J connectivity index is 1.02. The minimum Gasteiger partial charge on any atom is -0.462 e. The summed E-state index contributed by atoms with van der Waals surface area (Å²) in [7, 11) is 0. The molecule has 15 atom stereocenters. The van der Waals surface area contributed by atoms with Crippen LogP contribution in [-0.2, 0) is 33.3 Å².